The van der Waals surface area contributed by atoms with Gasteiger partial charge in [0.15, 0.2) is 0 Å². The molecule has 0 radical (unpaired) electrons. The van der Waals surface area contributed by atoms with Crippen molar-refractivity contribution in [3.8, 4) is 0 Å². The number of hydrogen-bond donors (Lipinski definition) is 1. The molecule has 0 bridgehead atoms. The lowest BCUT2D eigenvalue weighted by molar-refractivity contribution is 0.281. The van der Waals surface area contributed by atoms with E-state index in [0.717, 1.165) is 24.9 Å². The molecule has 0 saturated carbocycles. The zero-order valence-electron chi connectivity index (χ0n) is 13.2. The molecule has 2 atom stereocenters. The Morgan fingerprint density at radius 2 is 2.19 bits per heavy atom. The molecule has 0 aromatic heterocycles. The van der Waals surface area contributed by atoms with E-state index in [1.54, 1.807) is 10.4 Å². The van der Waals surface area contributed by atoms with Gasteiger partial charge in [-0.25, -0.2) is 8.42 Å². The fraction of sp³-hybridized carbons (Fsp3) is 0.625. The Morgan fingerprint density at radius 1 is 1.43 bits per heavy atom. The molecule has 5 heteroatoms. The fourth-order valence-corrected chi connectivity index (χ4v) is 4.54. The van der Waals surface area contributed by atoms with E-state index in [9.17, 15) is 8.42 Å². The maximum Gasteiger partial charge on any atom is 0.243 e. The van der Waals surface area contributed by atoms with Gasteiger partial charge in [-0.1, -0.05) is 26.0 Å². The van der Waals surface area contributed by atoms with E-state index < -0.39 is 10.0 Å². The molecule has 1 aliphatic heterocycles. The fourth-order valence-electron chi connectivity index (χ4n) is 2.88. The van der Waals surface area contributed by atoms with E-state index in [1.807, 2.05) is 25.1 Å². The van der Waals surface area contributed by atoms with Crippen molar-refractivity contribution in [1.82, 2.24) is 9.62 Å². The summed E-state index contributed by atoms with van der Waals surface area (Å²) in [5.74, 6) is 0.442. The predicted molar refractivity (Wildman–Crippen MR) is 85.7 cm³/mol. The molecule has 0 aliphatic carbocycles. The molecule has 1 N–H and O–H groups in total. The molecule has 1 aliphatic rings. The first-order valence-electron chi connectivity index (χ1n) is 7.78. The number of rotatable bonds is 5. The van der Waals surface area contributed by atoms with Crippen LogP contribution in [-0.4, -0.2) is 32.4 Å². The second kappa shape index (κ2) is 6.90. The number of nitrogens with zero attached hydrogens (tertiary/aromatic N) is 1. The monoisotopic (exact) mass is 310 g/mol. The summed E-state index contributed by atoms with van der Waals surface area (Å²) in [6.07, 6.45) is 2.07. The van der Waals surface area contributed by atoms with Gasteiger partial charge < -0.3 is 5.32 Å². The molecule has 21 heavy (non-hydrogen) atoms. The van der Waals surface area contributed by atoms with Crippen LogP contribution in [-0.2, 0) is 10.0 Å². The van der Waals surface area contributed by atoms with Crippen LogP contribution in [0.1, 0.15) is 45.2 Å². The smallest absolute Gasteiger partial charge is 0.243 e. The van der Waals surface area contributed by atoms with E-state index in [-0.39, 0.29) is 6.04 Å². The van der Waals surface area contributed by atoms with Crippen LogP contribution in [0.5, 0.6) is 0 Å². The van der Waals surface area contributed by atoms with Crippen LogP contribution in [0.4, 0.5) is 0 Å². The van der Waals surface area contributed by atoms with Gasteiger partial charge in [-0.3, -0.25) is 0 Å². The van der Waals surface area contributed by atoms with Crippen molar-refractivity contribution in [1.29, 1.82) is 0 Å². The Balaban J connectivity index is 2.25. The lowest BCUT2D eigenvalue weighted by Crippen LogP contribution is -2.39. The normalized spacial score (nSPS) is 22.1. The number of hydrogen-bond acceptors (Lipinski definition) is 3. The molecule has 1 fully saturated rings. The summed E-state index contributed by atoms with van der Waals surface area (Å²) < 4.78 is 27.2. The number of sulfonamides is 1. The summed E-state index contributed by atoms with van der Waals surface area (Å²) in [4.78, 5) is 0.416. The summed E-state index contributed by atoms with van der Waals surface area (Å²) in [7, 11) is -3.36. The van der Waals surface area contributed by atoms with Crippen LogP contribution in [0.15, 0.2) is 29.2 Å². The minimum absolute atomic E-state index is 0.158. The topological polar surface area (TPSA) is 49.4 Å². The van der Waals surface area contributed by atoms with Crippen molar-refractivity contribution in [3.05, 3.63) is 29.8 Å². The number of piperidine rings is 1. The highest BCUT2D eigenvalue weighted by molar-refractivity contribution is 7.89. The third-order valence-electron chi connectivity index (χ3n) is 4.13. The molecule has 1 heterocycles. The Bertz CT molecular complexity index is 571. The van der Waals surface area contributed by atoms with Gasteiger partial charge in [0, 0.05) is 19.1 Å². The van der Waals surface area contributed by atoms with Gasteiger partial charge in [0.2, 0.25) is 10.0 Å². The van der Waals surface area contributed by atoms with Crippen molar-refractivity contribution < 1.29 is 8.42 Å². The lowest BCUT2D eigenvalue weighted by atomic mass is 10.0. The van der Waals surface area contributed by atoms with E-state index in [4.69, 9.17) is 0 Å². The first-order chi connectivity index (χ1) is 9.95. The molecule has 2 rings (SSSR count). The second-order valence-electron chi connectivity index (χ2n) is 5.96. The van der Waals surface area contributed by atoms with Crippen LogP contribution in [0.25, 0.3) is 0 Å². The molecule has 118 valence electrons. The molecule has 4 nitrogen and oxygen atoms in total. The summed E-state index contributed by atoms with van der Waals surface area (Å²) >= 11 is 0. The van der Waals surface area contributed by atoms with Crippen molar-refractivity contribution in [3.63, 3.8) is 0 Å². The van der Waals surface area contributed by atoms with Gasteiger partial charge in [0.25, 0.3) is 0 Å². The van der Waals surface area contributed by atoms with Gasteiger partial charge in [-0.05, 0) is 49.9 Å². The van der Waals surface area contributed by atoms with Gasteiger partial charge >= 0.3 is 0 Å². The molecule has 1 saturated heterocycles. The van der Waals surface area contributed by atoms with Gasteiger partial charge in [0.05, 0.1) is 4.90 Å². The average Bonchev–Trinajstić information content (AvgIpc) is 2.47. The minimum Gasteiger partial charge on any atom is -0.310 e. The zero-order valence-corrected chi connectivity index (χ0v) is 14.0. The first kappa shape index (κ1) is 16.5. The van der Waals surface area contributed by atoms with E-state index in [1.165, 1.54) is 0 Å². The quantitative estimate of drug-likeness (QED) is 0.910. The summed E-state index contributed by atoms with van der Waals surface area (Å²) in [5, 5.41) is 3.32. The SMILES string of the molecule is CCNC(C)c1cccc(S(=O)(=O)N2CCCC(C)C2)c1. The Kier molecular flexibility index (Phi) is 5.41. The third-order valence-corrected chi connectivity index (χ3v) is 5.99. The van der Waals surface area contributed by atoms with Gasteiger partial charge in [-0.15, -0.1) is 0 Å². The maximum absolute atomic E-state index is 12.8. The maximum atomic E-state index is 12.8. The van der Waals surface area contributed by atoms with Crippen LogP contribution in [0, 0.1) is 5.92 Å². The zero-order chi connectivity index (χ0) is 15.5. The Hall–Kier alpha value is -0.910. The average molecular weight is 310 g/mol. The van der Waals surface area contributed by atoms with Gasteiger partial charge in [-0.2, -0.15) is 4.31 Å². The molecule has 0 amide bonds. The van der Waals surface area contributed by atoms with Crippen LogP contribution < -0.4 is 5.32 Å². The lowest BCUT2D eigenvalue weighted by Gasteiger charge is -2.30. The molecule has 0 spiro atoms. The summed E-state index contributed by atoms with van der Waals surface area (Å²) in [6, 6.07) is 7.48. The van der Waals surface area contributed by atoms with Crippen LogP contribution in [0.3, 0.4) is 0 Å². The second-order valence-corrected chi connectivity index (χ2v) is 7.90. The van der Waals surface area contributed by atoms with Crippen molar-refractivity contribution in [2.75, 3.05) is 19.6 Å². The Labute approximate surface area is 128 Å². The summed E-state index contributed by atoms with van der Waals surface area (Å²) in [6.45, 7) is 8.35. The molecule has 2 unspecified atom stereocenters. The third kappa shape index (κ3) is 3.84. The largest absolute Gasteiger partial charge is 0.310 e. The first-order valence-corrected chi connectivity index (χ1v) is 9.22. The van der Waals surface area contributed by atoms with Gasteiger partial charge in [0.1, 0.15) is 0 Å². The van der Waals surface area contributed by atoms with Crippen molar-refractivity contribution in [2.24, 2.45) is 5.92 Å². The molecular formula is C16H26N2O2S. The van der Waals surface area contributed by atoms with Crippen molar-refractivity contribution >= 4 is 10.0 Å². The van der Waals surface area contributed by atoms with Crippen LogP contribution in [0.2, 0.25) is 0 Å². The predicted octanol–water partition coefficient (Wildman–Crippen LogP) is 2.78. The van der Waals surface area contributed by atoms with Crippen molar-refractivity contribution in [2.45, 2.75) is 44.6 Å². The number of nitrogens with one attached hydrogen (secondary N) is 1. The standard InChI is InChI=1S/C16H26N2O2S/c1-4-17-14(3)15-8-5-9-16(11-15)21(19,20)18-10-6-7-13(2)12-18/h5,8-9,11,13-14,17H,4,6-7,10,12H2,1-3H3. The molecule has 1 aromatic carbocycles. The van der Waals surface area contributed by atoms with E-state index >= 15 is 0 Å². The van der Waals surface area contributed by atoms with Crippen LogP contribution >= 0.6 is 0 Å². The number of benzene rings is 1. The highest BCUT2D eigenvalue weighted by Crippen LogP contribution is 2.25. The Morgan fingerprint density at radius 3 is 2.86 bits per heavy atom. The van der Waals surface area contributed by atoms with E-state index in [2.05, 4.69) is 19.2 Å². The van der Waals surface area contributed by atoms with E-state index in [0.29, 0.717) is 23.9 Å². The molecule has 1 aromatic rings. The highest BCUT2D eigenvalue weighted by atomic mass is 32.2. The molecular weight excluding hydrogens is 284 g/mol. The minimum atomic E-state index is -3.36. The highest BCUT2D eigenvalue weighted by Gasteiger charge is 2.28. The summed E-state index contributed by atoms with van der Waals surface area (Å²) in [5.41, 5.74) is 1.02.